The molecule has 0 radical (unpaired) electrons. The Hall–Kier alpha value is -1.59. The van der Waals surface area contributed by atoms with Crippen molar-refractivity contribution in [3.63, 3.8) is 0 Å². The molecule has 0 heterocycles. The van der Waals surface area contributed by atoms with Gasteiger partial charge >= 0.3 is 5.97 Å². The van der Waals surface area contributed by atoms with Crippen molar-refractivity contribution in [2.45, 2.75) is 39.2 Å². The molecule has 3 N–H and O–H groups in total. The number of hydrogen-bond acceptors (Lipinski definition) is 4. The van der Waals surface area contributed by atoms with Crippen LogP contribution in [0.3, 0.4) is 0 Å². The summed E-state index contributed by atoms with van der Waals surface area (Å²) in [5.74, 6) is -1.63. The van der Waals surface area contributed by atoms with Crippen LogP contribution in [0.2, 0.25) is 0 Å². The lowest BCUT2D eigenvalue weighted by Crippen LogP contribution is -2.46. The van der Waals surface area contributed by atoms with Gasteiger partial charge in [0.15, 0.2) is 0 Å². The summed E-state index contributed by atoms with van der Waals surface area (Å²) in [6, 6.07) is -0.808. The Morgan fingerprint density at radius 3 is 2.44 bits per heavy atom. The van der Waals surface area contributed by atoms with E-state index in [-0.39, 0.29) is 24.2 Å². The van der Waals surface area contributed by atoms with E-state index in [4.69, 9.17) is 10.5 Å². The molecule has 0 unspecified atom stereocenters. The zero-order valence-electron chi connectivity index (χ0n) is 10.8. The number of hydrogen-bond donors (Lipinski definition) is 2. The number of esters is 1. The van der Waals surface area contributed by atoms with Crippen molar-refractivity contribution in [1.82, 2.24) is 5.32 Å². The maximum Gasteiger partial charge on any atom is 0.308 e. The number of nitrogens with one attached hydrogen (secondary N) is 1. The van der Waals surface area contributed by atoms with E-state index in [1.165, 1.54) is 0 Å². The van der Waals surface area contributed by atoms with Crippen molar-refractivity contribution in [1.29, 1.82) is 0 Å². The average molecular weight is 256 g/mol. The van der Waals surface area contributed by atoms with Crippen LogP contribution in [0.4, 0.5) is 0 Å². The third-order valence-corrected chi connectivity index (χ3v) is 2.89. The first kappa shape index (κ1) is 14.5. The Labute approximate surface area is 106 Å². The molecule has 0 saturated heterocycles. The molecule has 0 aliphatic heterocycles. The Bertz CT molecular complexity index is 339. The quantitative estimate of drug-likeness (QED) is 0.624. The van der Waals surface area contributed by atoms with Crippen molar-refractivity contribution < 1.29 is 19.1 Å². The van der Waals surface area contributed by atoms with Crippen LogP contribution in [0.1, 0.15) is 33.1 Å². The van der Waals surface area contributed by atoms with Gasteiger partial charge in [0.2, 0.25) is 11.8 Å². The van der Waals surface area contributed by atoms with E-state index >= 15 is 0 Å². The number of rotatable bonds is 7. The molecule has 102 valence electrons. The summed E-state index contributed by atoms with van der Waals surface area (Å²) < 4.78 is 4.85. The zero-order chi connectivity index (χ0) is 13.7. The predicted octanol–water partition coefficient (Wildman–Crippen LogP) is -0.0442. The van der Waals surface area contributed by atoms with Crippen LogP contribution in [0, 0.1) is 11.8 Å². The zero-order valence-corrected chi connectivity index (χ0v) is 10.8. The molecule has 2 atom stereocenters. The van der Waals surface area contributed by atoms with Crippen LogP contribution in [-0.2, 0) is 19.1 Å². The Balaban J connectivity index is 2.48. The molecule has 0 aromatic rings. The van der Waals surface area contributed by atoms with E-state index in [1.54, 1.807) is 13.8 Å². The molecule has 18 heavy (non-hydrogen) atoms. The van der Waals surface area contributed by atoms with Gasteiger partial charge < -0.3 is 15.8 Å². The monoisotopic (exact) mass is 256 g/mol. The summed E-state index contributed by atoms with van der Waals surface area (Å²) in [5, 5.41) is 2.59. The van der Waals surface area contributed by atoms with Gasteiger partial charge in [-0.3, -0.25) is 14.4 Å². The maximum absolute atomic E-state index is 11.6. The standard InChI is InChI=1S/C12H20N2O4/c1-3-18-12(17)7(2)6-9(10(13)15)14-11(16)8-4-5-8/h7-9H,3-6H2,1-2H3,(H2,13,15)(H,14,16)/t7-,9-/m0/s1. The second kappa shape index (κ2) is 6.37. The van der Waals surface area contributed by atoms with Gasteiger partial charge in [0, 0.05) is 5.92 Å². The molecule has 2 amide bonds. The van der Waals surface area contributed by atoms with Gasteiger partial charge in [-0.1, -0.05) is 6.92 Å². The third kappa shape index (κ3) is 4.35. The largest absolute Gasteiger partial charge is 0.466 e. The molecule has 1 aliphatic rings. The third-order valence-electron chi connectivity index (χ3n) is 2.89. The molecule has 0 aromatic heterocycles. The Kier molecular flexibility index (Phi) is 5.12. The lowest BCUT2D eigenvalue weighted by Gasteiger charge is -2.18. The SMILES string of the molecule is CCOC(=O)[C@@H](C)C[C@H](NC(=O)C1CC1)C(N)=O. The predicted molar refractivity (Wildman–Crippen MR) is 64.3 cm³/mol. The molecule has 0 aromatic carbocycles. The van der Waals surface area contributed by atoms with Crippen LogP contribution in [-0.4, -0.2) is 30.4 Å². The minimum atomic E-state index is -0.808. The summed E-state index contributed by atoms with van der Waals surface area (Å²) in [6.07, 6.45) is 1.88. The van der Waals surface area contributed by atoms with E-state index in [2.05, 4.69) is 5.32 Å². The smallest absolute Gasteiger partial charge is 0.308 e. The Morgan fingerprint density at radius 1 is 1.39 bits per heavy atom. The van der Waals surface area contributed by atoms with Crippen LogP contribution in [0.15, 0.2) is 0 Å². The van der Waals surface area contributed by atoms with Gasteiger partial charge in [-0.05, 0) is 26.2 Å². The average Bonchev–Trinajstić information content (AvgIpc) is 3.11. The highest BCUT2D eigenvalue weighted by Gasteiger charge is 2.33. The van der Waals surface area contributed by atoms with E-state index in [0.717, 1.165) is 12.8 Å². The summed E-state index contributed by atoms with van der Waals surface area (Å²) in [7, 11) is 0. The van der Waals surface area contributed by atoms with Crippen molar-refractivity contribution in [2.24, 2.45) is 17.6 Å². The summed E-state index contributed by atoms with van der Waals surface area (Å²) in [4.78, 5) is 34.3. The van der Waals surface area contributed by atoms with Crippen LogP contribution >= 0.6 is 0 Å². The fourth-order valence-electron chi connectivity index (χ4n) is 1.62. The first-order valence-electron chi connectivity index (χ1n) is 6.22. The summed E-state index contributed by atoms with van der Waals surface area (Å²) in [6.45, 7) is 3.65. The van der Waals surface area contributed by atoms with E-state index < -0.39 is 17.9 Å². The number of primary amides is 1. The van der Waals surface area contributed by atoms with Gasteiger partial charge in [0.05, 0.1) is 12.5 Å². The number of carbonyl (C=O) groups excluding carboxylic acids is 3. The highest BCUT2D eigenvalue weighted by Crippen LogP contribution is 2.29. The lowest BCUT2D eigenvalue weighted by molar-refractivity contribution is -0.148. The molecule has 6 nitrogen and oxygen atoms in total. The first-order chi connectivity index (χ1) is 8.45. The molecule has 1 fully saturated rings. The molecule has 1 saturated carbocycles. The highest BCUT2D eigenvalue weighted by molar-refractivity contribution is 5.89. The number of carbonyl (C=O) groups is 3. The van der Waals surface area contributed by atoms with Crippen LogP contribution in [0.5, 0.6) is 0 Å². The van der Waals surface area contributed by atoms with E-state index in [0.29, 0.717) is 6.61 Å². The van der Waals surface area contributed by atoms with Gasteiger partial charge in [0.25, 0.3) is 0 Å². The number of nitrogens with two attached hydrogens (primary N) is 1. The van der Waals surface area contributed by atoms with Crippen LogP contribution < -0.4 is 11.1 Å². The maximum atomic E-state index is 11.6. The van der Waals surface area contributed by atoms with E-state index in [9.17, 15) is 14.4 Å². The fourth-order valence-corrected chi connectivity index (χ4v) is 1.62. The van der Waals surface area contributed by atoms with Crippen molar-refractivity contribution in [2.75, 3.05) is 6.61 Å². The fraction of sp³-hybridized carbons (Fsp3) is 0.750. The molecule has 0 spiro atoms. The topological polar surface area (TPSA) is 98.5 Å². The van der Waals surface area contributed by atoms with Gasteiger partial charge in [-0.25, -0.2) is 0 Å². The molecular weight excluding hydrogens is 236 g/mol. The normalized spacial score (nSPS) is 17.7. The Morgan fingerprint density at radius 2 is 2.00 bits per heavy atom. The lowest BCUT2D eigenvalue weighted by atomic mass is 10.0. The number of ether oxygens (including phenoxy) is 1. The summed E-state index contributed by atoms with van der Waals surface area (Å²) in [5.41, 5.74) is 5.22. The second-order valence-electron chi connectivity index (χ2n) is 4.63. The van der Waals surface area contributed by atoms with Crippen molar-refractivity contribution in [3.8, 4) is 0 Å². The first-order valence-corrected chi connectivity index (χ1v) is 6.22. The molecular formula is C12H20N2O4. The second-order valence-corrected chi connectivity index (χ2v) is 4.63. The highest BCUT2D eigenvalue weighted by atomic mass is 16.5. The van der Waals surface area contributed by atoms with Crippen molar-refractivity contribution >= 4 is 17.8 Å². The minimum Gasteiger partial charge on any atom is -0.466 e. The minimum absolute atomic E-state index is 0.00440. The number of amides is 2. The molecule has 6 heteroatoms. The molecule has 0 bridgehead atoms. The van der Waals surface area contributed by atoms with Crippen LogP contribution in [0.25, 0.3) is 0 Å². The van der Waals surface area contributed by atoms with Crippen molar-refractivity contribution in [3.05, 3.63) is 0 Å². The molecule has 1 rings (SSSR count). The molecule has 1 aliphatic carbocycles. The van der Waals surface area contributed by atoms with E-state index in [1.807, 2.05) is 0 Å². The van der Waals surface area contributed by atoms with Gasteiger partial charge in [0.1, 0.15) is 6.04 Å². The van der Waals surface area contributed by atoms with Gasteiger partial charge in [-0.2, -0.15) is 0 Å². The summed E-state index contributed by atoms with van der Waals surface area (Å²) >= 11 is 0. The van der Waals surface area contributed by atoms with Gasteiger partial charge in [-0.15, -0.1) is 0 Å².